The quantitative estimate of drug-likeness (QED) is 0.725. The van der Waals surface area contributed by atoms with Crippen molar-refractivity contribution in [2.45, 2.75) is 17.7 Å². The smallest absolute Gasteiger partial charge is 0.240 e. The molecule has 1 fully saturated rings. The fourth-order valence-corrected chi connectivity index (χ4v) is 3.34. The highest BCUT2D eigenvalue weighted by molar-refractivity contribution is 7.89. The van der Waals surface area contributed by atoms with Gasteiger partial charge in [-0.1, -0.05) is 0 Å². The summed E-state index contributed by atoms with van der Waals surface area (Å²) in [5.74, 6) is 0.622. The van der Waals surface area contributed by atoms with Crippen LogP contribution in [0.15, 0.2) is 29.2 Å². The van der Waals surface area contributed by atoms with Gasteiger partial charge < -0.3 is 15.4 Å². The normalized spacial score (nSPS) is 16.2. The van der Waals surface area contributed by atoms with Crippen LogP contribution in [0.2, 0.25) is 0 Å². The van der Waals surface area contributed by atoms with E-state index >= 15 is 0 Å². The summed E-state index contributed by atoms with van der Waals surface area (Å²) in [7, 11) is -3.45. The lowest BCUT2D eigenvalue weighted by atomic mass is 10.3. The van der Waals surface area contributed by atoms with Gasteiger partial charge in [-0.15, -0.1) is 0 Å². The van der Waals surface area contributed by atoms with Gasteiger partial charge in [0.25, 0.3) is 0 Å². The Bertz CT molecular complexity index is 525. The minimum Gasteiger partial charge on any atom is -0.492 e. The van der Waals surface area contributed by atoms with Gasteiger partial charge in [0, 0.05) is 19.6 Å². The fraction of sp³-hybridized carbons (Fsp3) is 0.571. The molecule has 1 aromatic rings. The minimum absolute atomic E-state index is 0.254. The van der Waals surface area contributed by atoms with Gasteiger partial charge in [-0.25, -0.2) is 13.1 Å². The molecule has 0 spiro atoms. The molecule has 1 saturated heterocycles. The highest BCUT2D eigenvalue weighted by atomic mass is 32.2. The van der Waals surface area contributed by atoms with Gasteiger partial charge in [0.15, 0.2) is 0 Å². The third-order valence-corrected chi connectivity index (χ3v) is 4.92. The van der Waals surface area contributed by atoms with E-state index in [2.05, 4.69) is 9.62 Å². The zero-order valence-electron chi connectivity index (χ0n) is 12.1. The molecule has 7 heteroatoms. The Hall–Kier alpha value is -1.15. The molecule has 0 bridgehead atoms. The zero-order valence-corrected chi connectivity index (χ0v) is 12.9. The first-order valence-electron chi connectivity index (χ1n) is 7.27. The number of hydrogen-bond acceptors (Lipinski definition) is 5. The standard InChI is InChI=1S/C14H23N3O3S/c15-7-12-20-13-3-5-14(6-4-13)21(18,19)16-8-11-17-9-1-2-10-17/h3-6,16H,1-2,7-12,15H2. The third-order valence-electron chi connectivity index (χ3n) is 3.44. The summed E-state index contributed by atoms with van der Waals surface area (Å²) in [5, 5.41) is 0. The van der Waals surface area contributed by atoms with Crippen LogP contribution in [-0.4, -0.2) is 52.6 Å². The number of nitrogens with zero attached hydrogens (tertiary/aromatic N) is 1. The Morgan fingerprint density at radius 2 is 1.86 bits per heavy atom. The summed E-state index contributed by atoms with van der Waals surface area (Å²) in [6.07, 6.45) is 2.41. The molecule has 0 unspecified atom stereocenters. The molecule has 0 aromatic heterocycles. The van der Waals surface area contributed by atoms with Crippen molar-refractivity contribution in [2.24, 2.45) is 5.73 Å². The van der Waals surface area contributed by atoms with Crippen molar-refractivity contribution >= 4 is 10.0 Å². The van der Waals surface area contributed by atoms with Crippen LogP contribution in [0.5, 0.6) is 5.75 Å². The molecular formula is C14H23N3O3S. The number of hydrogen-bond donors (Lipinski definition) is 2. The van der Waals surface area contributed by atoms with Crippen LogP contribution < -0.4 is 15.2 Å². The van der Waals surface area contributed by atoms with Crippen LogP contribution in [-0.2, 0) is 10.0 Å². The average Bonchev–Trinajstić information content (AvgIpc) is 2.98. The lowest BCUT2D eigenvalue weighted by Gasteiger charge is -2.15. The van der Waals surface area contributed by atoms with E-state index in [1.165, 1.54) is 12.8 Å². The van der Waals surface area contributed by atoms with E-state index in [0.29, 0.717) is 25.4 Å². The van der Waals surface area contributed by atoms with Crippen molar-refractivity contribution < 1.29 is 13.2 Å². The van der Waals surface area contributed by atoms with Crippen LogP contribution in [0.1, 0.15) is 12.8 Å². The Balaban J connectivity index is 1.85. The van der Waals surface area contributed by atoms with Gasteiger partial charge in [-0.2, -0.15) is 0 Å². The van der Waals surface area contributed by atoms with Crippen molar-refractivity contribution in [3.8, 4) is 5.75 Å². The van der Waals surface area contributed by atoms with Gasteiger partial charge in [-0.05, 0) is 50.2 Å². The van der Waals surface area contributed by atoms with Crippen molar-refractivity contribution in [3.63, 3.8) is 0 Å². The first kappa shape index (κ1) is 16.2. The highest BCUT2D eigenvalue weighted by Crippen LogP contribution is 2.15. The summed E-state index contributed by atoms with van der Waals surface area (Å²) in [6.45, 7) is 4.17. The van der Waals surface area contributed by atoms with E-state index in [9.17, 15) is 8.42 Å². The molecule has 6 nitrogen and oxygen atoms in total. The SMILES string of the molecule is NCCOc1ccc(S(=O)(=O)NCCN2CCCC2)cc1. The molecule has 3 N–H and O–H groups in total. The maximum Gasteiger partial charge on any atom is 0.240 e. The average molecular weight is 313 g/mol. The van der Waals surface area contributed by atoms with Crippen LogP contribution >= 0.6 is 0 Å². The maximum absolute atomic E-state index is 12.1. The topological polar surface area (TPSA) is 84.7 Å². The van der Waals surface area contributed by atoms with Gasteiger partial charge in [0.05, 0.1) is 4.90 Å². The summed E-state index contributed by atoms with van der Waals surface area (Å²) in [6, 6.07) is 6.38. The number of benzene rings is 1. The molecular weight excluding hydrogens is 290 g/mol. The van der Waals surface area contributed by atoms with E-state index in [1.54, 1.807) is 24.3 Å². The van der Waals surface area contributed by atoms with Crippen LogP contribution in [0, 0.1) is 0 Å². The van der Waals surface area contributed by atoms with E-state index in [-0.39, 0.29) is 4.90 Å². The van der Waals surface area contributed by atoms with Crippen molar-refractivity contribution in [1.82, 2.24) is 9.62 Å². The monoisotopic (exact) mass is 313 g/mol. The number of ether oxygens (including phenoxy) is 1. The van der Waals surface area contributed by atoms with Gasteiger partial charge in [0.2, 0.25) is 10.0 Å². The molecule has 1 aromatic carbocycles. The fourth-order valence-electron chi connectivity index (χ4n) is 2.32. The molecule has 1 aliphatic rings. The van der Waals surface area contributed by atoms with Crippen molar-refractivity contribution in [1.29, 1.82) is 0 Å². The lowest BCUT2D eigenvalue weighted by Crippen LogP contribution is -2.33. The zero-order chi connectivity index (χ0) is 15.1. The lowest BCUT2D eigenvalue weighted by molar-refractivity contribution is 0.328. The van der Waals surface area contributed by atoms with E-state index in [0.717, 1.165) is 19.6 Å². The first-order chi connectivity index (χ1) is 10.1. The van der Waals surface area contributed by atoms with Gasteiger partial charge in [0.1, 0.15) is 12.4 Å². The Kier molecular flexibility index (Phi) is 5.98. The number of sulfonamides is 1. The predicted molar refractivity (Wildman–Crippen MR) is 81.9 cm³/mol. The van der Waals surface area contributed by atoms with Crippen molar-refractivity contribution in [3.05, 3.63) is 24.3 Å². The molecule has 1 aliphatic heterocycles. The molecule has 0 amide bonds. The van der Waals surface area contributed by atoms with Crippen LogP contribution in [0.3, 0.4) is 0 Å². The molecule has 0 atom stereocenters. The molecule has 0 radical (unpaired) electrons. The van der Waals surface area contributed by atoms with Gasteiger partial charge in [-0.3, -0.25) is 0 Å². The number of nitrogens with one attached hydrogen (secondary N) is 1. The highest BCUT2D eigenvalue weighted by Gasteiger charge is 2.15. The number of likely N-dealkylation sites (tertiary alicyclic amines) is 1. The van der Waals surface area contributed by atoms with Crippen LogP contribution in [0.4, 0.5) is 0 Å². The van der Waals surface area contributed by atoms with E-state index in [4.69, 9.17) is 10.5 Å². The number of rotatable bonds is 8. The number of nitrogens with two attached hydrogens (primary N) is 1. The second kappa shape index (κ2) is 7.74. The maximum atomic E-state index is 12.1. The molecule has 21 heavy (non-hydrogen) atoms. The summed E-state index contributed by atoms with van der Waals surface area (Å²) >= 11 is 0. The van der Waals surface area contributed by atoms with E-state index < -0.39 is 10.0 Å². The molecule has 2 rings (SSSR count). The van der Waals surface area contributed by atoms with E-state index in [1.807, 2.05) is 0 Å². The predicted octanol–water partition coefficient (Wildman–Crippen LogP) is 0.398. The summed E-state index contributed by atoms with van der Waals surface area (Å²) in [5.41, 5.74) is 5.35. The molecule has 0 saturated carbocycles. The van der Waals surface area contributed by atoms with Crippen LogP contribution in [0.25, 0.3) is 0 Å². The summed E-state index contributed by atoms with van der Waals surface area (Å²) in [4.78, 5) is 2.52. The third kappa shape index (κ3) is 4.96. The summed E-state index contributed by atoms with van der Waals surface area (Å²) < 4.78 is 32.2. The molecule has 118 valence electrons. The Morgan fingerprint density at radius 1 is 1.19 bits per heavy atom. The Labute approximate surface area is 126 Å². The molecule has 0 aliphatic carbocycles. The second-order valence-corrected chi connectivity index (χ2v) is 6.82. The van der Waals surface area contributed by atoms with Crippen molar-refractivity contribution in [2.75, 3.05) is 39.3 Å². The molecule has 1 heterocycles. The first-order valence-corrected chi connectivity index (χ1v) is 8.75. The largest absolute Gasteiger partial charge is 0.492 e. The minimum atomic E-state index is -3.45. The van der Waals surface area contributed by atoms with Gasteiger partial charge >= 0.3 is 0 Å². The second-order valence-electron chi connectivity index (χ2n) is 5.06. The Morgan fingerprint density at radius 3 is 2.48 bits per heavy atom.